The highest BCUT2D eigenvalue weighted by molar-refractivity contribution is 5.95. The van der Waals surface area contributed by atoms with Crippen LogP contribution in [0.4, 0.5) is 5.82 Å². The van der Waals surface area contributed by atoms with E-state index in [9.17, 15) is 0 Å². The zero-order chi connectivity index (χ0) is 14.4. The van der Waals surface area contributed by atoms with Crippen molar-refractivity contribution in [2.45, 2.75) is 6.42 Å². The van der Waals surface area contributed by atoms with Crippen LogP contribution in [0.3, 0.4) is 0 Å². The SMILES string of the molecule is CN(CCc1ccccn1)c1cccc(C(N)=NO)n1. The molecular weight excluding hydrogens is 254 g/mol. The van der Waals surface area contributed by atoms with Crippen LogP contribution in [-0.4, -0.2) is 34.6 Å². The fraction of sp³-hybridized carbons (Fsp3) is 0.214. The summed E-state index contributed by atoms with van der Waals surface area (Å²) in [5, 5.41) is 11.6. The maximum absolute atomic E-state index is 8.67. The van der Waals surface area contributed by atoms with E-state index >= 15 is 0 Å². The summed E-state index contributed by atoms with van der Waals surface area (Å²) in [7, 11) is 1.95. The van der Waals surface area contributed by atoms with Crippen LogP contribution in [0.1, 0.15) is 11.4 Å². The quantitative estimate of drug-likeness (QED) is 0.370. The third kappa shape index (κ3) is 3.44. The molecule has 0 saturated heterocycles. The van der Waals surface area contributed by atoms with Crippen LogP contribution in [-0.2, 0) is 6.42 Å². The predicted molar refractivity (Wildman–Crippen MR) is 78.0 cm³/mol. The summed E-state index contributed by atoms with van der Waals surface area (Å²) >= 11 is 0. The van der Waals surface area contributed by atoms with Crippen LogP contribution in [0.15, 0.2) is 47.8 Å². The summed E-state index contributed by atoms with van der Waals surface area (Å²) in [5.41, 5.74) is 7.02. The molecule has 2 aromatic rings. The molecule has 2 aromatic heterocycles. The third-order valence-corrected chi connectivity index (χ3v) is 2.93. The third-order valence-electron chi connectivity index (χ3n) is 2.93. The average molecular weight is 271 g/mol. The number of pyridine rings is 2. The highest BCUT2D eigenvalue weighted by Gasteiger charge is 2.06. The molecule has 2 rings (SSSR count). The molecule has 6 heteroatoms. The highest BCUT2D eigenvalue weighted by atomic mass is 16.4. The number of hydrogen-bond donors (Lipinski definition) is 2. The first-order valence-corrected chi connectivity index (χ1v) is 6.26. The molecule has 0 saturated carbocycles. The van der Waals surface area contributed by atoms with Crippen LogP contribution in [0.2, 0.25) is 0 Å². The molecule has 20 heavy (non-hydrogen) atoms. The number of oxime groups is 1. The van der Waals surface area contributed by atoms with E-state index in [1.807, 2.05) is 42.3 Å². The lowest BCUT2D eigenvalue weighted by Gasteiger charge is -2.18. The van der Waals surface area contributed by atoms with E-state index in [0.29, 0.717) is 5.69 Å². The lowest BCUT2D eigenvalue weighted by Crippen LogP contribution is -2.23. The van der Waals surface area contributed by atoms with Crippen LogP contribution < -0.4 is 10.6 Å². The van der Waals surface area contributed by atoms with Crippen molar-refractivity contribution in [1.82, 2.24) is 9.97 Å². The summed E-state index contributed by atoms with van der Waals surface area (Å²) in [6.45, 7) is 0.781. The molecule has 0 atom stereocenters. The van der Waals surface area contributed by atoms with E-state index in [-0.39, 0.29) is 5.84 Å². The zero-order valence-corrected chi connectivity index (χ0v) is 11.3. The van der Waals surface area contributed by atoms with Gasteiger partial charge >= 0.3 is 0 Å². The topological polar surface area (TPSA) is 87.6 Å². The van der Waals surface area contributed by atoms with Crippen LogP contribution in [0.5, 0.6) is 0 Å². The molecule has 0 aromatic carbocycles. The Morgan fingerprint density at radius 2 is 2.15 bits per heavy atom. The minimum Gasteiger partial charge on any atom is -0.409 e. The fourth-order valence-electron chi connectivity index (χ4n) is 1.77. The largest absolute Gasteiger partial charge is 0.409 e. The Bertz CT molecular complexity index is 585. The van der Waals surface area contributed by atoms with Crippen molar-refractivity contribution in [3.05, 3.63) is 54.0 Å². The van der Waals surface area contributed by atoms with Crippen LogP contribution >= 0.6 is 0 Å². The molecule has 3 N–H and O–H groups in total. The van der Waals surface area contributed by atoms with Gasteiger partial charge in [0.1, 0.15) is 11.5 Å². The lowest BCUT2D eigenvalue weighted by molar-refractivity contribution is 0.318. The van der Waals surface area contributed by atoms with Gasteiger partial charge in [-0.05, 0) is 24.3 Å². The minimum absolute atomic E-state index is 0.00461. The first kappa shape index (κ1) is 13.8. The molecule has 0 radical (unpaired) electrons. The molecule has 0 fully saturated rings. The van der Waals surface area contributed by atoms with Crippen molar-refractivity contribution in [2.24, 2.45) is 10.9 Å². The van der Waals surface area contributed by atoms with Crippen molar-refractivity contribution in [2.75, 3.05) is 18.5 Å². The smallest absolute Gasteiger partial charge is 0.188 e. The molecule has 0 aliphatic heterocycles. The molecule has 0 aliphatic rings. The predicted octanol–water partition coefficient (Wildman–Crippen LogP) is 1.25. The Labute approximate surface area is 117 Å². The van der Waals surface area contributed by atoms with Crippen molar-refractivity contribution in [3.63, 3.8) is 0 Å². The van der Waals surface area contributed by atoms with E-state index in [1.165, 1.54) is 0 Å². The summed E-state index contributed by atoms with van der Waals surface area (Å²) in [5.74, 6) is 0.773. The molecule has 2 heterocycles. The van der Waals surface area contributed by atoms with Crippen molar-refractivity contribution in [3.8, 4) is 0 Å². The summed E-state index contributed by atoms with van der Waals surface area (Å²) in [6.07, 6.45) is 2.61. The number of amidine groups is 1. The Morgan fingerprint density at radius 1 is 1.30 bits per heavy atom. The van der Waals surface area contributed by atoms with Gasteiger partial charge in [0.2, 0.25) is 0 Å². The monoisotopic (exact) mass is 271 g/mol. The first-order chi connectivity index (χ1) is 9.70. The molecule has 0 unspecified atom stereocenters. The Kier molecular flexibility index (Phi) is 4.49. The van der Waals surface area contributed by atoms with Gasteiger partial charge in [0.05, 0.1) is 0 Å². The standard InChI is InChI=1S/C14H17N5O/c1-19(10-8-11-5-2-3-9-16-11)13-7-4-6-12(17-13)14(15)18-20/h2-7,9,20H,8,10H2,1H3,(H2,15,18). The second-order valence-corrected chi connectivity index (χ2v) is 4.36. The molecular formula is C14H17N5O. The first-order valence-electron chi connectivity index (χ1n) is 6.26. The van der Waals surface area contributed by atoms with E-state index < -0.39 is 0 Å². The minimum atomic E-state index is 0.00461. The second-order valence-electron chi connectivity index (χ2n) is 4.36. The van der Waals surface area contributed by atoms with Gasteiger partial charge in [-0.2, -0.15) is 0 Å². The zero-order valence-electron chi connectivity index (χ0n) is 11.3. The summed E-state index contributed by atoms with van der Waals surface area (Å²) in [4.78, 5) is 10.6. The van der Waals surface area contributed by atoms with Crippen molar-refractivity contribution in [1.29, 1.82) is 0 Å². The van der Waals surface area contributed by atoms with E-state index in [2.05, 4.69) is 15.1 Å². The second kappa shape index (κ2) is 6.51. The number of nitrogens with zero attached hydrogens (tertiary/aromatic N) is 4. The van der Waals surface area contributed by atoms with Crippen molar-refractivity contribution < 1.29 is 5.21 Å². The molecule has 6 nitrogen and oxygen atoms in total. The van der Waals surface area contributed by atoms with Crippen molar-refractivity contribution >= 4 is 11.7 Å². The number of hydrogen-bond acceptors (Lipinski definition) is 5. The Hall–Kier alpha value is -2.63. The van der Waals surface area contributed by atoms with E-state index in [1.54, 1.807) is 12.3 Å². The number of aromatic nitrogens is 2. The number of rotatable bonds is 5. The Balaban J connectivity index is 2.04. The average Bonchev–Trinajstić information content (AvgIpc) is 2.53. The van der Waals surface area contributed by atoms with Gasteiger partial charge < -0.3 is 15.8 Å². The lowest BCUT2D eigenvalue weighted by atomic mass is 10.2. The van der Waals surface area contributed by atoms with E-state index in [0.717, 1.165) is 24.5 Å². The normalized spacial score (nSPS) is 11.3. The van der Waals surface area contributed by atoms with Gasteiger partial charge in [0, 0.05) is 31.9 Å². The molecule has 0 bridgehead atoms. The van der Waals surface area contributed by atoms with Gasteiger partial charge in [0.15, 0.2) is 5.84 Å². The molecule has 104 valence electrons. The van der Waals surface area contributed by atoms with Gasteiger partial charge in [-0.3, -0.25) is 4.98 Å². The molecule has 0 amide bonds. The number of nitrogens with two attached hydrogens (primary N) is 1. The molecule has 0 aliphatic carbocycles. The maximum atomic E-state index is 8.67. The Morgan fingerprint density at radius 3 is 2.85 bits per heavy atom. The maximum Gasteiger partial charge on any atom is 0.188 e. The van der Waals surface area contributed by atoms with Gasteiger partial charge in [-0.15, -0.1) is 0 Å². The van der Waals surface area contributed by atoms with Gasteiger partial charge in [-0.25, -0.2) is 4.98 Å². The van der Waals surface area contributed by atoms with Crippen LogP contribution in [0.25, 0.3) is 0 Å². The number of anilines is 1. The fourth-order valence-corrected chi connectivity index (χ4v) is 1.77. The van der Waals surface area contributed by atoms with E-state index in [4.69, 9.17) is 10.9 Å². The van der Waals surface area contributed by atoms with Gasteiger partial charge in [-0.1, -0.05) is 17.3 Å². The summed E-state index contributed by atoms with van der Waals surface area (Å²) < 4.78 is 0. The highest BCUT2D eigenvalue weighted by Crippen LogP contribution is 2.10. The summed E-state index contributed by atoms with van der Waals surface area (Å²) in [6, 6.07) is 11.3. The van der Waals surface area contributed by atoms with Gasteiger partial charge in [0.25, 0.3) is 0 Å². The van der Waals surface area contributed by atoms with Crippen LogP contribution in [0, 0.1) is 0 Å². The molecule has 0 spiro atoms. The number of likely N-dealkylation sites (N-methyl/N-ethyl adjacent to an activating group) is 1.